The third kappa shape index (κ3) is 2.59. The molecule has 3 aromatic rings. The Labute approximate surface area is 155 Å². The van der Waals surface area contributed by atoms with Crippen LogP contribution in [0, 0.1) is 12.7 Å². The summed E-state index contributed by atoms with van der Waals surface area (Å²) in [5, 5.41) is 0.537. The molecule has 0 N–H and O–H groups in total. The van der Waals surface area contributed by atoms with E-state index in [-0.39, 0.29) is 11.7 Å². The van der Waals surface area contributed by atoms with Crippen LogP contribution in [0.25, 0.3) is 5.69 Å². The summed E-state index contributed by atoms with van der Waals surface area (Å²) in [4.78, 5) is 18.5. The lowest BCUT2D eigenvalue weighted by atomic mass is 9.95. The highest BCUT2D eigenvalue weighted by Crippen LogP contribution is 2.39. The molecule has 0 fully saturated rings. The lowest BCUT2D eigenvalue weighted by molar-refractivity contribution is -0.131. The lowest BCUT2D eigenvalue weighted by Gasteiger charge is -2.30. The molecule has 4 nitrogen and oxygen atoms in total. The van der Waals surface area contributed by atoms with Crippen LogP contribution >= 0.6 is 11.6 Å². The van der Waals surface area contributed by atoms with Gasteiger partial charge in [0, 0.05) is 23.1 Å². The first-order valence-electron chi connectivity index (χ1n) is 8.32. The second-order valence-electron chi connectivity index (χ2n) is 6.41. The second kappa shape index (κ2) is 6.25. The molecule has 1 amide bonds. The number of halogens is 2. The van der Waals surface area contributed by atoms with E-state index >= 15 is 0 Å². The van der Waals surface area contributed by atoms with Crippen molar-refractivity contribution in [3.05, 3.63) is 82.1 Å². The van der Waals surface area contributed by atoms with Crippen molar-refractivity contribution < 1.29 is 9.18 Å². The van der Waals surface area contributed by atoms with Crippen molar-refractivity contribution in [1.29, 1.82) is 0 Å². The summed E-state index contributed by atoms with van der Waals surface area (Å²) in [6.07, 6.45) is 1.76. The van der Waals surface area contributed by atoms with Crippen LogP contribution in [0.15, 0.2) is 48.7 Å². The van der Waals surface area contributed by atoms with Crippen molar-refractivity contribution in [3.63, 3.8) is 0 Å². The Morgan fingerprint density at radius 3 is 2.73 bits per heavy atom. The Hall–Kier alpha value is -2.66. The fourth-order valence-corrected chi connectivity index (χ4v) is 3.82. The largest absolute Gasteiger partial charge is 0.326 e. The van der Waals surface area contributed by atoms with Crippen LogP contribution in [0.4, 0.5) is 4.39 Å². The second-order valence-corrected chi connectivity index (χ2v) is 6.84. The van der Waals surface area contributed by atoms with Gasteiger partial charge in [-0.2, -0.15) is 0 Å². The molecule has 0 radical (unpaired) electrons. The van der Waals surface area contributed by atoms with Crippen molar-refractivity contribution in [2.75, 3.05) is 0 Å². The van der Waals surface area contributed by atoms with Gasteiger partial charge < -0.3 is 4.90 Å². The average Bonchev–Trinajstić information content (AvgIpc) is 2.89. The number of hydrogen-bond donors (Lipinski definition) is 0. The van der Waals surface area contributed by atoms with Crippen LogP contribution in [-0.2, 0) is 11.3 Å². The summed E-state index contributed by atoms with van der Waals surface area (Å²) in [7, 11) is 0. The molecule has 0 saturated carbocycles. The molecule has 0 spiro atoms. The standard InChI is InChI=1S/C20H17ClFN3O/c1-12-23-10-15-11-24(13(2)26)20(16-5-3-4-6-18(16)22)17-9-14(21)7-8-19(17)25(12)15/h3-10,20H,11H2,1-2H3. The number of carbonyl (C=O) groups excluding carboxylic acids is 1. The topological polar surface area (TPSA) is 38.1 Å². The van der Waals surface area contributed by atoms with Crippen molar-refractivity contribution in [2.24, 2.45) is 0 Å². The molecule has 1 aromatic heterocycles. The summed E-state index contributed by atoms with van der Waals surface area (Å²) in [6, 6.07) is 11.5. The molecule has 1 atom stereocenters. The maximum atomic E-state index is 14.7. The molecule has 1 aliphatic rings. The minimum atomic E-state index is -0.568. The minimum absolute atomic E-state index is 0.142. The van der Waals surface area contributed by atoms with Gasteiger partial charge >= 0.3 is 0 Å². The molecule has 2 heterocycles. The zero-order valence-electron chi connectivity index (χ0n) is 14.4. The number of amides is 1. The maximum Gasteiger partial charge on any atom is 0.220 e. The molecule has 1 unspecified atom stereocenters. The van der Waals surface area contributed by atoms with Crippen molar-refractivity contribution in [3.8, 4) is 5.69 Å². The Bertz CT molecular complexity index is 1010. The van der Waals surface area contributed by atoms with Gasteiger partial charge in [-0.3, -0.25) is 9.36 Å². The molecular weight excluding hydrogens is 353 g/mol. The number of hydrogen-bond acceptors (Lipinski definition) is 2. The van der Waals surface area contributed by atoms with E-state index in [9.17, 15) is 9.18 Å². The van der Waals surface area contributed by atoms with E-state index in [1.54, 1.807) is 41.4 Å². The summed E-state index contributed by atoms with van der Waals surface area (Å²) in [6.45, 7) is 3.74. The molecule has 4 rings (SSSR count). The zero-order valence-corrected chi connectivity index (χ0v) is 15.2. The highest BCUT2D eigenvalue weighted by atomic mass is 35.5. The Morgan fingerprint density at radius 1 is 1.23 bits per heavy atom. The number of fused-ring (bicyclic) bond motifs is 3. The van der Waals surface area contributed by atoms with E-state index in [0.717, 1.165) is 22.8 Å². The van der Waals surface area contributed by atoms with Gasteiger partial charge in [0.1, 0.15) is 11.6 Å². The molecule has 1 aliphatic heterocycles. The maximum absolute atomic E-state index is 14.7. The van der Waals surface area contributed by atoms with Gasteiger partial charge in [-0.25, -0.2) is 9.37 Å². The van der Waals surface area contributed by atoms with E-state index in [1.807, 2.05) is 17.6 Å². The highest BCUT2D eigenvalue weighted by molar-refractivity contribution is 6.30. The number of nitrogens with zero attached hydrogens (tertiary/aromatic N) is 3. The fourth-order valence-electron chi connectivity index (χ4n) is 3.64. The van der Waals surface area contributed by atoms with Crippen LogP contribution in [0.1, 0.15) is 35.6 Å². The van der Waals surface area contributed by atoms with Gasteiger partial charge in [0.15, 0.2) is 0 Å². The predicted molar refractivity (Wildman–Crippen MR) is 97.8 cm³/mol. The van der Waals surface area contributed by atoms with E-state index in [1.165, 1.54) is 13.0 Å². The van der Waals surface area contributed by atoms with Crippen LogP contribution < -0.4 is 0 Å². The quantitative estimate of drug-likeness (QED) is 0.636. The fraction of sp³-hybridized carbons (Fsp3) is 0.200. The Balaban J connectivity index is 2.06. The molecule has 0 saturated heterocycles. The number of carbonyl (C=O) groups is 1. The smallest absolute Gasteiger partial charge is 0.220 e. The molecule has 2 aromatic carbocycles. The van der Waals surface area contributed by atoms with Gasteiger partial charge in [0.2, 0.25) is 5.91 Å². The van der Waals surface area contributed by atoms with E-state index < -0.39 is 6.04 Å². The molecule has 0 aliphatic carbocycles. The summed E-state index contributed by atoms with van der Waals surface area (Å²) in [5.41, 5.74) is 2.96. The Morgan fingerprint density at radius 2 is 2.00 bits per heavy atom. The summed E-state index contributed by atoms with van der Waals surface area (Å²) >= 11 is 6.27. The van der Waals surface area contributed by atoms with Crippen LogP contribution in [0.3, 0.4) is 0 Å². The Kier molecular flexibility index (Phi) is 4.04. The first-order valence-corrected chi connectivity index (χ1v) is 8.70. The predicted octanol–water partition coefficient (Wildman–Crippen LogP) is 4.42. The first-order chi connectivity index (χ1) is 12.5. The van der Waals surface area contributed by atoms with Crippen LogP contribution in [-0.4, -0.2) is 20.4 Å². The van der Waals surface area contributed by atoms with E-state index in [4.69, 9.17) is 11.6 Å². The summed E-state index contributed by atoms with van der Waals surface area (Å²) < 4.78 is 16.7. The number of aryl methyl sites for hydroxylation is 1. The molecular formula is C20H17ClFN3O. The monoisotopic (exact) mass is 369 g/mol. The van der Waals surface area contributed by atoms with Crippen molar-refractivity contribution in [2.45, 2.75) is 26.4 Å². The average molecular weight is 370 g/mol. The first kappa shape index (κ1) is 16.8. The SMILES string of the molecule is CC(=O)N1Cc2cnc(C)n2-c2ccc(Cl)cc2C1c1ccccc1F. The lowest BCUT2D eigenvalue weighted by Crippen LogP contribution is -2.33. The van der Waals surface area contributed by atoms with Gasteiger partial charge in [-0.05, 0) is 31.2 Å². The van der Waals surface area contributed by atoms with Gasteiger partial charge in [0.25, 0.3) is 0 Å². The molecule has 26 heavy (non-hydrogen) atoms. The zero-order chi connectivity index (χ0) is 18.4. The van der Waals surface area contributed by atoms with Gasteiger partial charge in [-0.1, -0.05) is 29.8 Å². The summed E-state index contributed by atoms with van der Waals surface area (Å²) in [5.74, 6) is 0.314. The number of rotatable bonds is 1. The molecule has 0 bridgehead atoms. The normalized spacial score (nSPS) is 16.0. The third-order valence-electron chi connectivity index (χ3n) is 4.78. The van der Waals surface area contributed by atoms with Crippen LogP contribution in [0.2, 0.25) is 5.02 Å². The molecule has 6 heteroatoms. The number of benzene rings is 2. The van der Waals surface area contributed by atoms with Crippen molar-refractivity contribution >= 4 is 17.5 Å². The van der Waals surface area contributed by atoms with Crippen LogP contribution in [0.5, 0.6) is 0 Å². The number of imidazole rings is 1. The number of aromatic nitrogens is 2. The van der Waals surface area contributed by atoms with Gasteiger partial charge in [0.05, 0.1) is 30.2 Å². The van der Waals surface area contributed by atoms with Gasteiger partial charge in [-0.15, -0.1) is 0 Å². The third-order valence-corrected chi connectivity index (χ3v) is 5.02. The minimum Gasteiger partial charge on any atom is -0.326 e. The van der Waals surface area contributed by atoms with Crippen molar-refractivity contribution in [1.82, 2.24) is 14.5 Å². The molecule has 132 valence electrons. The highest BCUT2D eigenvalue weighted by Gasteiger charge is 2.33. The van der Waals surface area contributed by atoms with E-state index in [2.05, 4.69) is 4.98 Å². The van der Waals surface area contributed by atoms with E-state index in [0.29, 0.717) is 17.1 Å².